The Bertz CT molecular complexity index is 824. The zero-order valence-electron chi connectivity index (χ0n) is 18.8. The molecule has 2 rings (SSSR count). The second-order valence-corrected chi connectivity index (χ2v) is 11.5. The monoisotopic (exact) mass is 415 g/mol. The van der Waals surface area contributed by atoms with Crippen molar-refractivity contribution in [3.63, 3.8) is 0 Å². The van der Waals surface area contributed by atoms with Gasteiger partial charge in [-0.05, 0) is 57.2 Å². The predicted molar refractivity (Wildman–Crippen MR) is 129 cm³/mol. The van der Waals surface area contributed by atoms with Crippen molar-refractivity contribution < 1.29 is 0 Å². The SMILES string of the molecule is CC(C)(C)c1cc(C(C)(C)C)c(C(=S)Nc2ccc(Cl)cc2)c(C(C)(C)C)c1. The van der Waals surface area contributed by atoms with E-state index in [-0.39, 0.29) is 16.2 Å². The van der Waals surface area contributed by atoms with E-state index in [1.807, 2.05) is 24.3 Å². The standard InChI is InChI=1S/C25H34ClNS/c1-23(2,3)16-14-19(24(4,5)6)21(20(15-16)25(7,8)9)22(28)27-18-12-10-17(26)11-13-18/h10-15H,1-9H3,(H,27,28). The van der Waals surface area contributed by atoms with Crippen molar-refractivity contribution in [2.24, 2.45) is 0 Å². The van der Waals surface area contributed by atoms with Gasteiger partial charge in [0.05, 0.1) is 0 Å². The maximum absolute atomic E-state index is 6.03. The molecule has 0 radical (unpaired) electrons. The molecule has 152 valence electrons. The maximum Gasteiger partial charge on any atom is 0.111 e. The van der Waals surface area contributed by atoms with Gasteiger partial charge in [-0.1, -0.05) is 98.3 Å². The molecule has 0 unspecified atom stereocenters. The van der Waals surface area contributed by atoms with Crippen molar-refractivity contribution in [2.75, 3.05) is 5.32 Å². The van der Waals surface area contributed by atoms with Crippen LogP contribution in [0, 0.1) is 0 Å². The lowest BCUT2D eigenvalue weighted by atomic mass is 9.72. The summed E-state index contributed by atoms with van der Waals surface area (Å²) >= 11 is 12.0. The molecule has 2 aromatic carbocycles. The summed E-state index contributed by atoms with van der Waals surface area (Å²) in [6.45, 7) is 20.4. The number of hydrogen-bond acceptors (Lipinski definition) is 1. The van der Waals surface area contributed by atoms with Gasteiger partial charge < -0.3 is 5.32 Å². The fourth-order valence-electron chi connectivity index (χ4n) is 3.23. The lowest BCUT2D eigenvalue weighted by molar-refractivity contribution is 0.547. The van der Waals surface area contributed by atoms with E-state index in [4.69, 9.17) is 23.8 Å². The number of anilines is 1. The van der Waals surface area contributed by atoms with Crippen LogP contribution in [0.25, 0.3) is 0 Å². The summed E-state index contributed by atoms with van der Waals surface area (Å²) in [5.41, 5.74) is 6.05. The topological polar surface area (TPSA) is 12.0 Å². The molecule has 2 aromatic rings. The van der Waals surface area contributed by atoms with E-state index in [1.54, 1.807) is 0 Å². The van der Waals surface area contributed by atoms with Crippen molar-refractivity contribution in [1.82, 2.24) is 0 Å². The minimum absolute atomic E-state index is 0.0255. The Morgan fingerprint density at radius 3 is 1.54 bits per heavy atom. The number of rotatable bonds is 2. The van der Waals surface area contributed by atoms with Crippen LogP contribution < -0.4 is 5.32 Å². The summed E-state index contributed by atoms with van der Waals surface area (Å²) in [6.07, 6.45) is 0. The van der Waals surface area contributed by atoms with E-state index < -0.39 is 0 Å². The van der Waals surface area contributed by atoms with E-state index in [0.29, 0.717) is 0 Å². The smallest absolute Gasteiger partial charge is 0.111 e. The number of benzene rings is 2. The third-order valence-corrected chi connectivity index (χ3v) is 5.51. The quantitative estimate of drug-likeness (QED) is 0.498. The number of hydrogen-bond donors (Lipinski definition) is 1. The number of halogens is 1. The first kappa shape index (κ1) is 22.9. The molecule has 28 heavy (non-hydrogen) atoms. The van der Waals surface area contributed by atoms with Crippen molar-refractivity contribution in [3.8, 4) is 0 Å². The molecule has 0 aliphatic carbocycles. The highest BCUT2D eigenvalue weighted by Gasteiger charge is 2.30. The second kappa shape index (κ2) is 7.80. The summed E-state index contributed by atoms with van der Waals surface area (Å²) < 4.78 is 0. The maximum atomic E-state index is 6.03. The summed E-state index contributed by atoms with van der Waals surface area (Å²) in [5, 5.41) is 4.16. The van der Waals surface area contributed by atoms with Crippen LogP contribution in [-0.4, -0.2) is 4.99 Å². The molecule has 0 aromatic heterocycles. The number of nitrogens with one attached hydrogen (secondary N) is 1. The molecule has 0 fully saturated rings. The van der Waals surface area contributed by atoms with E-state index >= 15 is 0 Å². The van der Waals surface area contributed by atoms with Gasteiger partial charge in [0.25, 0.3) is 0 Å². The van der Waals surface area contributed by atoms with Crippen LogP contribution in [0.2, 0.25) is 5.02 Å². The summed E-state index contributed by atoms with van der Waals surface area (Å²) in [5.74, 6) is 0. The molecular formula is C25H34ClNS. The first-order chi connectivity index (χ1) is 12.6. The molecule has 0 atom stereocenters. The molecule has 0 aliphatic rings. The second-order valence-electron chi connectivity index (χ2n) is 10.7. The van der Waals surface area contributed by atoms with Gasteiger partial charge in [-0.3, -0.25) is 0 Å². The Morgan fingerprint density at radius 1 is 0.750 bits per heavy atom. The molecular weight excluding hydrogens is 382 g/mol. The van der Waals surface area contributed by atoms with Gasteiger partial charge in [0.15, 0.2) is 0 Å². The highest BCUT2D eigenvalue weighted by atomic mass is 35.5. The predicted octanol–water partition coefficient (Wildman–Crippen LogP) is 8.02. The summed E-state index contributed by atoms with van der Waals surface area (Å²) in [6, 6.07) is 12.4. The molecule has 0 bridgehead atoms. The lowest BCUT2D eigenvalue weighted by Crippen LogP contribution is -2.28. The summed E-state index contributed by atoms with van der Waals surface area (Å²) in [4.78, 5) is 0.762. The van der Waals surface area contributed by atoms with Crippen LogP contribution in [0.15, 0.2) is 36.4 Å². The minimum atomic E-state index is -0.0255. The first-order valence-corrected chi connectivity index (χ1v) is 10.7. The average molecular weight is 416 g/mol. The Balaban J connectivity index is 2.72. The number of thiocarbonyl (C=S) groups is 1. The normalized spacial score (nSPS) is 12.8. The van der Waals surface area contributed by atoms with Gasteiger partial charge in [0.1, 0.15) is 4.99 Å². The van der Waals surface area contributed by atoms with E-state index in [0.717, 1.165) is 21.3 Å². The van der Waals surface area contributed by atoms with Gasteiger partial charge in [-0.15, -0.1) is 0 Å². The van der Waals surface area contributed by atoms with Gasteiger partial charge in [0, 0.05) is 16.3 Å². The lowest BCUT2D eigenvalue weighted by Gasteiger charge is -2.34. The zero-order chi connectivity index (χ0) is 21.5. The molecule has 3 heteroatoms. The van der Waals surface area contributed by atoms with Crippen LogP contribution in [0.4, 0.5) is 5.69 Å². The molecule has 0 aliphatic heterocycles. The summed E-state index contributed by atoms with van der Waals surface area (Å²) in [7, 11) is 0. The largest absolute Gasteiger partial charge is 0.346 e. The first-order valence-electron chi connectivity index (χ1n) is 9.87. The van der Waals surface area contributed by atoms with Crippen LogP contribution >= 0.6 is 23.8 Å². The van der Waals surface area contributed by atoms with Crippen molar-refractivity contribution in [3.05, 3.63) is 63.7 Å². The van der Waals surface area contributed by atoms with Gasteiger partial charge >= 0.3 is 0 Å². The zero-order valence-corrected chi connectivity index (χ0v) is 20.3. The fraction of sp³-hybridized carbons (Fsp3) is 0.480. The van der Waals surface area contributed by atoms with E-state index in [1.165, 1.54) is 16.7 Å². The fourth-order valence-corrected chi connectivity index (χ4v) is 3.69. The molecule has 0 spiro atoms. The molecule has 0 amide bonds. The highest BCUT2D eigenvalue weighted by Crippen LogP contribution is 2.38. The minimum Gasteiger partial charge on any atom is -0.346 e. The molecule has 0 saturated heterocycles. The van der Waals surface area contributed by atoms with E-state index in [9.17, 15) is 0 Å². The van der Waals surface area contributed by atoms with Crippen LogP contribution in [0.3, 0.4) is 0 Å². The average Bonchev–Trinajstić information content (AvgIpc) is 2.53. The third kappa shape index (κ3) is 5.36. The van der Waals surface area contributed by atoms with Gasteiger partial charge in [0.2, 0.25) is 0 Å². The van der Waals surface area contributed by atoms with Crippen molar-refractivity contribution in [2.45, 2.75) is 78.6 Å². The Hall–Kier alpha value is -1.38. The van der Waals surface area contributed by atoms with Crippen LogP contribution in [0.1, 0.15) is 84.6 Å². The van der Waals surface area contributed by atoms with Gasteiger partial charge in [-0.25, -0.2) is 0 Å². The van der Waals surface area contributed by atoms with Crippen molar-refractivity contribution in [1.29, 1.82) is 0 Å². The molecule has 1 N–H and O–H groups in total. The van der Waals surface area contributed by atoms with Crippen LogP contribution in [-0.2, 0) is 16.2 Å². The van der Waals surface area contributed by atoms with E-state index in [2.05, 4.69) is 79.8 Å². The molecule has 0 saturated carbocycles. The highest BCUT2D eigenvalue weighted by molar-refractivity contribution is 7.81. The molecule has 1 nitrogen and oxygen atoms in total. The molecule has 0 heterocycles. The Kier molecular flexibility index (Phi) is 6.38. The third-order valence-electron chi connectivity index (χ3n) is 4.95. The van der Waals surface area contributed by atoms with Crippen LogP contribution in [0.5, 0.6) is 0 Å². The van der Waals surface area contributed by atoms with Gasteiger partial charge in [-0.2, -0.15) is 0 Å². The van der Waals surface area contributed by atoms with Crippen molar-refractivity contribution >= 4 is 34.5 Å². The Morgan fingerprint density at radius 2 is 1.18 bits per heavy atom. The Labute approximate surface area is 181 Å².